The predicted molar refractivity (Wildman–Crippen MR) is 122 cm³/mol. The Morgan fingerprint density at radius 2 is 1.36 bits per heavy atom. The molecule has 0 saturated carbocycles. The summed E-state index contributed by atoms with van der Waals surface area (Å²) in [6.07, 6.45) is 0. The maximum Gasteiger partial charge on any atom is 0.349 e. The number of rotatable bonds is 8. The molecule has 0 heterocycles. The van der Waals surface area contributed by atoms with Crippen LogP contribution in [-0.4, -0.2) is 59.3 Å². The minimum Gasteiger partial charge on any atom is -0.502 e. The molecule has 0 atom stereocenters. The normalized spacial score (nSPS) is 10.2. The van der Waals surface area contributed by atoms with Gasteiger partial charge < -0.3 is 24.1 Å². The van der Waals surface area contributed by atoms with Gasteiger partial charge in [-0.2, -0.15) is 0 Å². The standard InChI is InChI=1S/C14H17NO7.C8H7NO5/c1-5-21-13(17)14(2,3)22-11-7-6-9(12(16)20-4)8-10(11)15(18)19;1-14-8(11)5-2-3-7(10)6(4-5)9(12)13/h6-8H,5H2,1-4H3;2-4,10H,1H3. The topological polar surface area (TPSA) is 195 Å². The number of nitro groups is 2. The van der Waals surface area contributed by atoms with Crippen molar-refractivity contribution in [3.8, 4) is 11.5 Å². The zero-order valence-electron chi connectivity index (χ0n) is 20.0. The second kappa shape index (κ2) is 12.6. The molecular formula is C22H24N2O12. The molecule has 2 aromatic carbocycles. The summed E-state index contributed by atoms with van der Waals surface area (Å²) >= 11 is 0. The first-order valence-corrected chi connectivity index (χ1v) is 10.1. The molecule has 0 unspecified atom stereocenters. The Balaban J connectivity index is 0.000000397. The molecule has 0 saturated heterocycles. The number of carbonyl (C=O) groups is 3. The van der Waals surface area contributed by atoms with Crippen LogP contribution < -0.4 is 4.74 Å². The highest BCUT2D eigenvalue weighted by Crippen LogP contribution is 2.31. The third-order valence-corrected chi connectivity index (χ3v) is 4.30. The third kappa shape index (κ3) is 7.65. The lowest BCUT2D eigenvalue weighted by Crippen LogP contribution is -2.39. The van der Waals surface area contributed by atoms with Crippen LogP contribution in [0.25, 0.3) is 0 Å². The Morgan fingerprint density at radius 3 is 1.81 bits per heavy atom. The van der Waals surface area contributed by atoms with Gasteiger partial charge in [-0.25, -0.2) is 14.4 Å². The molecule has 2 rings (SSSR count). The van der Waals surface area contributed by atoms with E-state index in [1.54, 1.807) is 6.92 Å². The molecule has 14 heteroatoms. The van der Waals surface area contributed by atoms with Crippen molar-refractivity contribution in [1.29, 1.82) is 0 Å². The minimum atomic E-state index is -1.41. The Labute approximate surface area is 204 Å². The lowest BCUT2D eigenvalue weighted by Gasteiger charge is -2.23. The SMILES string of the molecule is CCOC(=O)C(C)(C)Oc1ccc(C(=O)OC)cc1[N+](=O)[O-].COC(=O)c1ccc(O)c([N+](=O)[O-])c1. The molecule has 14 nitrogen and oxygen atoms in total. The van der Waals surface area contributed by atoms with Gasteiger partial charge in [0.05, 0.1) is 41.8 Å². The number of phenolic OH excluding ortho intramolecular Hbond substituents is 1. The number of aromatic hydroxyl groups is 1. The zero-order valence-corrected chi connectivity index (χ0v) is 20.0. The van der Waals surface area contributed by atoms with E-state index in [1.165, 1.54) is 46.3 Å². The molecule has 0 fully saturated rings. The summed E-state index contributed by atoms with van der Waals surface area (Å²) in [5.74, 6) is -2.67. The average Bonchev–Trinajstić information content (AvgIpc) is 2.83. The van der Waals surface area contributed by atoms with Gasteiger partial charge in [0.1, 0.15) is 0 Å². The van der Waals surface area contributed by atoms with Crippen LogP contribution in [0.3, 0.4) is 0 Å². The van der Waals surface area contributed by atoms with Gasteiger partial charge in [-0.05, 0) is 45.0 Å². The van der Waals surface area contributed by atoms with Crippen LogP contribution in [-0.2, 0) is 19.0 Å². The maximum absolute atomic E-state index is 11.8. The molecule has 194 valence electrons. The van der Waals surface area contributed by atoms with Crippen LogP contribution in [0.2, 0.25) is 0 Å². The van der Waals surface area contributed by atoms with E-state index >= 15 is 0 Å². The Hall–Kier alpha value is -4.75. The summed E-state index contributed by atoms with van der Waals surface area (Å²) in [5, 5.41) is 30.6. The molecule has 0 aliphatic heterocycles. The molecule has 0 amide bonds. The molecule has 0 bridgehead atoms. The van der Waals surface area contributed by atoms with Crippen molar-refractivity contribution in [3.05, 3.63) is 67.8 Å². The van der Waals surface area contributed by atoms with E-state index in [2.05, 4.69) is 9.47 Å². The van der Waals surface area contributed by atoms with Crippen molar-refractivity contribution < 1.29 is 48.3 Å². The fraction of sp³-hybridized carbons (Fsp3) is 0.318. The molecule has 1 N–H and O–H groups in total. The second-order valence-electron chi connectivity index (χ2n) is 7.22. The lowest BCUT2D eigenvalue weighted by atomic mass is 10.1. The second-order valence-corrected chi connectivity index (χ2v) is 7.22. The molecule has 0 radical (unpaired) electrons. The fourth-order valence-electron chi connectivity index (χ4n) is 2.53. The van der Waals surface area contributed by atoms with Gasteiger partial charge in [-0.15, -0.1) is 0 Å². The third-order valence-electron chi connectivity index (χ3n) is 4.30. The van der Waals surface area contributed by atoms with Crippen molar-refractivity contribution in [1.82, 2.24) is 0 Å². The molecule has 36 heavy (non-hydrogen) atoms. The average molecular weight is 508 g/mol. The zero-order chi connectivity index (χ0) is 27.6. The number of nitrogens with zero attached hydrogens (tertiary/aromatic N) is 2. The Kier molecular flexibility index (Phi) is 10.3. The van der Waals surface area contributed by atoms with Gasteiger partial charge in [0.25, 0.3) is 0 Å². The lowest BCUT2D eigenvalue weighted by molar-refractivity contribution is -0.386. The van der Waals surface area contributed by atoms with E-state index in [9.17, 15) is 34.6 Å². The number of hydrogen-bond donors (Lipinski definition) is 1. The first-order chi connectivity index (χ1) is 16.8. The predicted octanol–water partition coefficient (Wildman–Crippen LogP) is 3.19. The Bertz CT molecular complexity index is 1160. The number of benzene rings is 2. The summed E-state index contributed by atoms with van der Waals surface area (Å²) in [7, 11) is 2.34. The van der Waals surface area contributed by atoms with Crippen LogP contribution in [0.15, 0.2) is 36.4 Å². The van der Waals surface area contributed by atoms with E-state index in [0.717, 1.165) is 18.2 Å². The molecule has 0 aliphatic rings. The largest absolute Gasteiger partial charge is 0.502 e. The van der Waals surface area contributed by atoms with Crippen molar-refractivity contribution in [2.75, 3.05) is 20.8 Å². The first-order valence-electron chi connectivity index (χ1n) is 10.1. The highest BCUT2D eigenvalue weighted by molar-refractivity contribution is 5.91. The van der Waals surface area contributed by atoms with E-state index in [4.69, 9.17) is 14.6 Å². The van der Waals surface area contributed by atoms with Crippen LogP contribution >= 0.6 is 0 Å². The van der Waals surface area contributed by atoms with Gasteiger partial charge in [-0.3, -0.25) is 20.2 Å². The van der Waals surface area contributed by atoms with Crippen molar-refractivity contribution in [2.45, 2.75) is 26.4 Å². The highest BCUT2D eigenvalue weighted by Gasteiger charge is 2.34. The fourth-order valence-corrected chi connectivity index (χ4v) is 2.53. The van der Waals surface area contributed by atoms with Crippen molar-refractivity contribution in [2.24, 2.45) is 0 Å². The number of methoxy groups -OCH3 is 2. The summed E-state index contributed by atoms with van der Waals surface area (Å²) in [5.41, 5.74) is -2.34. The summed E-state index contributed by atoms with van der Waals surface area (Å²) < 4.78 is 19.1. The molecular weight excluding hydrogens is 484 g/mol. The number of nitro benzene ring substituents is 2. The molecule has 0 aromatic heterocycles. The maximum atomic E-state index is 11.8. The number of ether oxygens (including phenoxy) is 4. The van der Waals surface area contributed by atoms with E-state index in [-0.39, 0.29) is 23.5 Å². The van der Waals surface area contributed by atoms with Crippen LogP contribution in [0.4, 0.5) is 11.4 Å². The van der Waals surface area contributed by atoms with Crippen LogP contribution in [0.5, 0.6) is 11.5 Å². The summed E-state index contributed by atoms with van der Waals surface area (Å²) in [6, 6.07) is 6.86. The Morgan fingerprint density at radius 1 is 0.889 bits per heavy atom. The number of hydrogen-bond acceptors (Lipinski definition) is 12. The highest BCUT2D eigenvalue weighted by atomic mass is 16.6. The van der Waals surface area contributed by atoms with Gasteiger partial charge in [0, 0.05) is 12.1 Å². The first kappa shape index (κ1) is 29.3. The number of phenols is 1. The van der Waals surface area contributed by atoms with Gasteiger partial charge in [-0.1, -0.05) is 0 Å². The van der Waals surface area contributed by atoms with Crippen LogP contribution in [0.1, 0.15) is 41.5 Å². The number of carbonyl (C=O) groups excluding carboxylic acids is 3. The van der Waals surface area contributed by atoms with Gasteiger partial charge in [0.15, 0.2) is 11.5 Å². The van der Waals surface area contributed by atoms with Crippen molar-refractivity contribution in [3.63, 3.8) is 0 Å². The summed E-state index contributed by atoms with van der Waals surface area (Å²) in [6.45, 7) is 4.67. The van der Waals surface area contributed by atoms with E-state index < -0.39 is 50.5 Å². The molecule has 2 aromatic rings. The van der Waals surface area contributed by atoms with Gasteiger partial charge in [0.2, 0.25) is 5.60 Å². The van der Waals surface area contributed by atoms with Gasteiger partial charge >= 0.3 is 29.3 Å². The van der Waals surface area contributed by atoms with E-state index in [1.807, 2.05) is 0 Å². The molecule has 0 aliphatic carbocycles. The quantitative estimate of drug-likeness (QED) is 0.237. The monoisotopic (exact) mass is 508 g/mol. The van der Waals surface area contributed by atoms with Crippen LogP contribution in [0, 0.1) is 20.2 Å². The van der Waals surface area contributed by atoms with Crippen molar-refractivity contribution >= 4 is 29.3 Å². The number of esters is 3. The molecule has 0 spiro atoms. The summed E-state index contributed by atoms with van der Waals surface area (Å²) in [4.78, 5) is 54.2. The van der Waals surface area contributed by atoms with E-state index in [0.29, 0.717) is 0 Å². The smallest absolute Gasteiger partial charge is 0.349 e. The minimum absolute atomic E-state index is 0.00971.